The SMILES string of the molecule is CCOC(=O)C1=C(C)OC(N)=C(C#N)C1c1ccc(OCCCn2ccnc2)cc1. The van der Waals surface area contributed by atoms with Gasteiger partial charge < -0.3 is 24.5 Å². The molecule has 0 amide bonds. The topological polar surface area (TPSA) is 112 Å². The number of allylic oxidation sites excluding steroid dienone is 2. The highest BCUT2D eigenvalue weighted by atomic mass is 16.5. The largest absolute Gasteiger partial charge is 0.494 e. The standard InChI is InChI=1S/C22H24N4O4/c1-3-28-22(27)19-15(2)30-21(24)18(13-23)20(19)16-5-7-17(8-6-16)29-12-4-10-26-11-9-25-14-26/h5-9,11,14,20H,3-4,10,12,24H2,1-2H3. The van der Waals surface area contributed by atoms with Gasteiger partial charge in [-0.05, 0) is 38.0 Å². The summed E-state index contributed by atoms with van der Waals surface area (Å²) in [5.41, 5.74) is 7.09. The van der Waals surface area contributed by atoms with Gasteiger partial charge in [0.25, 0.3) is 0 Å². The van der Waals surface area contributed by atoms with Gasteiger partial charge in [-0.3, -0.25) is 0 Å². The summed E-state index contributed by atoms with van der Waals surface area (Å²) in [4.78, 5) is 16.5. The molecule has 1 unspecified atom stereocenters. The minimum atomic E-state index is -0.655. The van der Waals surface area contributed by atoms with E-state index in [-0.39, 0.29) is 23.6 Å². The number of carbonyl (C=O) groups excluding carboxylic acids is 1. The third-order valence-corrected chi connectivity index (χ3v) is 4.70. The number of ether oxygens (including phenoxy) is 3. The van der Waals surface area contributed by atoms with E-state index in [4.69, 9.17) is 19.9 Å². The van der Waals surface area contributed by atoms with Crippen molar-refractivity contribution in [2.24, 2.45) is 5.73 Å². The zero-order valence-corrected chi connectivity index (χ0v) is 17.0. The van der Waals surface area contributed by atoms with Crippen LogP contribution in [0.3, 0.4) is 0 Å². The molecule has 0 saturated heterocycles. The smallest absolute Gasteiger partial charge is 0.338 e. The lowest BCUT2D eigenvalue weighted by molar-refractivity contribution is -0.139. The average Bonchev–Trinajstić information content (AvgIpc) is 3.25. The van der Waals surface area contributed by atoms with Gasteiger partial charge in [-0.25, -0.2) is 9.78 Å². The summed E-state index contributed by atoms with van der Waals surface area (Å²) in [6, 6.07) is 9.33. The van der Waals surface area contributed by atoms with Crippen LogP contribution in [0.25, 0.3) is 0 Å². The molecule has 8 heteroatoms. The van der Waals surface area contributed by atoms with E-state index in [2.05, 4.69) is 11.1 Å². The molecular weight excluding hydrogens is 384 g/mol. The van der Waals surface area contributed by atoms with Gasteiger partial charge in [-0.15, -0.1) is 0 Å². The van der Waals surface area contributed by atoms with Crippen molar-refractivity contribution >= 4 is 5.97 Å². The van der Waals surface area contributed by atoms with Gasteiger partial charge in [0.1, 0.15) is 23.2 Å². The van der Waals surface area contributed by atoms with Crippen molar-refractivity contribution < 1.29 is 19.0 Å². The van der Waals surface area contributed by atoms with Crippen molar-refractivity contribution in [2.75, 3.05) is 13.2 Å². The van der Waals surface area contributed by atoms with E-state index in [1.807, 2.05) is 35.0 Å². The number of carbonyl (C=O) groups is 1. The van der Waals surface area contributed by atoms with Crippen molar-refractivity contribution in [3.8, 4) is 11.8 Å². The van der Waals surface area contributed by atoms with Crippen molar-refractivity contribution in [3.63, 3.8) is 0 Å². The highest BCUT2D eigenvalue weighted by molar-refractivity contribution is 5.92. The fourth-order valence-corrected chi connectivity index (χ4v) is 3.30. The quantitative estimate of drug-likeness (QED) is 0.528. The summed E-state index contributed by atoms with van der Waals surface area (Å²) in [6.45, 7) is 4.95. The summed E-state index contributed by atoms with van der Waals surface area (Å²) in [5.74, 6) is -0.161. The van der Waals surface area contributed by atoms with Crippen LogP contribution in [0.2, 0.25) is 0 Å². The van der Waals surface area contributed by atoms with Gasteiger partial charge in [0.15, 0.2) is 0 Å². The van der Waals surface area contributed by atoms with Gasteiger partial charge in [0.2, 0.25) is 5.88 Å². The molecule has 156 valence electrons. The summed E-state index contributed by atoms with van der Waals surface area (Å²) >= 11 is 0. The normalized spacial score (nSPS) is 16.1. The highest BCUT2D eigenvalue weighted by Gasteiger charge is 2.36. The third kappa shape index (κ3) is 4.63. The molecule has 1 aromatic carbocycles. The first-order chi connectivity index (χ1) is 14.5. The van der Waals surface area contributed by atoms with Crippen LogP contribution >= 0.6 is 0 Å². The number of nitriles is 1. The third-order valence-electron chi connectivity index (χ3n) is 4.70. The van der Waals surface area contributed by atoms with Crippen molar-refractivity contribution in [1.82, 2.24) is 9.55 Å². The zero-order valence-electron chi connectivity index (χ0n) is 17.0. The van der Waals surface area contributed by atoms with Gasteiger partial charge in [0, 0.05) is 18.9 Å². The molecule has 0 spiro atoms. The van der Waals surface area contributed by atoms with Gasteiger partial charge in [-0.2, -0.15) is 5.26 Å². The van der Waals surface area contributed by atoms with Crippen LogP contribution in [0.1, 0.15) is 31.7 Å². The van der Waals surface area contributed by atoms with E-state index < -0.39 is 11.9 Å². The fraction of sp³-hybridized carbons (Fsp3) is 0.318. The van der Waals surface area contributed by atoms with Crippen LogP contribution in [0.4, 0.5) is 0 Å². The van der Waals surface area contributed by atoms with E-state index in [1.165, 1.54) is 0 Å². The summed E-state index contributed by atoms with van der Waals surface area (Å²) < 4.78 is 18.4. The Balaban J connectivity index is 1.75. The molecule has 30 heavy (non-hydrogen) atoms. The Morgan fingerprint density at radius 1 is 1.37 bits per heavy atom. The second-order valence-corrected chi connectivity index (χ2v) is 6.69. The van der Waals surface area contributed by atoms with Crippen LogP contribution in [-0.4, -0.2) is 28.7 Å². The monoisotopic (exact) mass is 408 g/mol. The van der Waals surface area contributed by atoms with Crippen molar-refractivity contribution in [2.45, 2.75) is 32.7 Å². The number of imidazole rings is 1. The minimum absolute atomic E-state index is 0.00660. The zero-order chi connectivity index (χ0) is 21.5. The molecule has 1 atom stereocenters. The van der Waals surface area contributed by atoms with E-state index in [0.717, 1.165) is 18.5 Å². The number of benzene rings is 1. The molecule has 8 nitrogen and oxygen atoms in total. The molecular formula is C22H24N4O4. The first-order valence-electron chi connectivity index (χ1n) is 9.69. The first kappa shape index (κ1) is 21.0. The molecule has 1 aliphatic heterocycles. The molecule has 2 heterocycles. The number of nitrogens with two attached hydrogens (primary N) is 1. The Labute approximate surface area is 175 Å². The van der Waals surface area contributed by atoms with Crippen LogP contribution in [0, 0.1) is 11.3 Å². The average molecular weight is 408 g/mol. The number of hydrogen-bond donors (Lipinski definition) is 1. The maximum atomic E-state index is 12.5. The number of nitrogens with zero attached hydrogens (tertiary/aromatic N) is 3. The van der Waals surface area contributed by atoms with Gasteiger partial charge in [-0.1, -0.05) is 12.1 Å². The van der Waals surface area contributed by atoms with Gasteiger partial charge >= 0.3 is 5.97 Å². The molecule has 1 aliphatic rings. The Kier molecular flexibility index (Phi) is 6.75. The van der Waals surface area contributed by atoms with Crippen molar-refractivity contribution in [1.29, 1.82) is 5.26 Å². The molecule has 0 aliphatic carbocycles. The molecule has 0 radical (unpaired) electrons. The first-order valence-corrected chi connectivity index (χ1v) is 9.69. The minimum Gasteiger partial charge on any atom is -0.494 e. The summed E-state index contributed by atoms with van der Waals surface area (Å²) in [7, 11) is 0. The van der Waals surface area contributed by atoms with E-state index in [0.29, 0.717) is 18.1 Å². The Hall–Kier alpha value is -3.73. The Morgan fingerprint density at radius 3 is 2.77 bits per heavy atom. The number of aromatic nitrogens is 2. The molecule has 0 bridgehead atoms. The lowest BCUT2D eigenvalue weighted by atomic mass is 9.83. The van der Waals surface area contributed by atoms with Crippen molar-refractivity contribution in [3.05, 3.63) is 71.3 Å². The van der Waals surface area contributed by atoms with E-state index in [1.54, 1.807) is 26.4 Å². The number of rotatable bonds is 8. The Bertz CT molecular complexity index is 985. The second kappa shape index (κ2) is 9.65. The maximum Gasteiger partial charge on any atom is 0.338 e. The molecule has 0 fully saturated rings. The van der Waals surface area contributed by atoms with E-state index in [9.17, 15) is 10.1 Å². The second-order valence-electron chi connectivity index (χ2n) is 6.69. The molecule has 3 rings (SSSR count). The highest BCUT2D eigenvalue weighted by Crippen LogP contribution is 2.39. The van der Waals surface area contributed by atoms with Crippen LogP contribution in [0.5, 0.6) is 5.75 Å². The van der Waals surface area contributed by atoms with Crippen LogP contribution in [0.15, 0.2) is 65.8 Å². The fourth-order valence-electron chi connectivity index (χ4n) is 3.30. The number of esters is 1. The van der Waals surface area contributed by atoms with Gasteiger partial charge in [0.05, 0.1) is 31.0 Å². The molecule has 2 aromatic rings. The van der Waals surface area contributed by atoms with E-state index >= 15 is 0 Å². The molecule has 1 aromatic heterocycles. The number of aryl methyl sites for hydroxylation is 1. The predicted molar refractivity (Wildman–Crippen MR) is 109 cm³/mol. The molecule has 2 N–H and O–H groups in total. The predicted octanol–water partition coefficient (Wildman–Crippen LogP) is 3.00. The summed E-state index contributed by atoms with van der Waals surface area (Å²) in [5, 5.41) is 9.61. The summed E-state index contributed by atoms with van der Waals surface area (Å²) in [6.07, 6.45) is 6.26. The van der Waals surface area contributed by atoms with Crippen LogP contribution < -0.4 is 10.5 Å². The van der Waals surface area contributed by atoms with Crippen LogP contribution in [-0.2, 0) is 20.8 Å². The number of hydrogen-bond acceptors (Lipinski definition) is 7. The maximum absolute atomic E-state index is 12.5. The lowest BCUT2D eigenvalue weighted by Crippen LogP contribution is -2.25. The lowest BCUT2D eigenvalue weighted by Gasteiger charge is -2.26. The Morgan fingerprint density at radius 2 is 2.13 bits per heavy atom. The molecule has 0 saturated carbocycles.